The summed E-state index contributed by atoms with van der Waals surface area (Å²) >= 11 is 0. The molecule has 1 heterocycles. The molecule has 124 valence electrons. The Balaban J connectivity index is 1.63. The Morgan fingerprint density at radius 2 is 2.00 bits per heavy atom. The number of ether oxygens (including phenoxy) is 3. The highest BCUT2D eigenvalue weighted by Gasteiger charge is 2.35. The highest BCUT2D eigenvalue weighted by molar-refractivity contribution is 5.97. The van der Waals surface area contributed by atoms with E-state index in [0.717, 1.165) is 12.0 Å². The summed E-state index contributed by atoms with van der Waals surface area (Å²) in [4.78, 5) is 23.5. The summed E-state index contributed by atoms with van der Waals surface area (Å²) in [5.41, 5.74) is 1.99. The van der Waals surface area contributed by atoms with Gasteiger partial charge in [0.05, 0.1) is 13.7 Å². The quantitative estimate of drug-likeness (QED) is 0.480. The lowest BCUT2D eigenvalue weighted by atomic mass is 9.96. The molecule has 5 heteroatoms. The average molecular weight is 326 g/mol. The van der Waals surface area contributed by atoms with Gasteiger partial charge in [0.2, 0.25) is 0 Å². The van der Waals surface area contributed by atoms with Crippen LogP contribution in [0.3, 0.4) is 0 Å². The molecule has 1 aliphatic heterocycles. The summed E-state index contributed by atoms with van der Waals surface area (Å²) in [5.74, 6) is -0.983. The van der Waals surface area contributed by atoms with Crippen LogP contribution in [0.4, 0.5) is 0 Å². The fraction of sp³-hybridized carbons (Fsp3) is 0.263. The fourth-order valence-corrected chi connectivity index (χ4v) is 2.62. The van der Waals surface area contributed by atoms with Crippen molar-refractivity contribution in [2.24, 2.45) is 5.92 Å². The van der Waals surface area contributed by atoms with Gasteiger partial charge in [-0.2, -0.15) is 0 Å². The first kappa shape index (κ1) is 16.1. The number of fused-ring (bicyclic) bond motifs is 1. The van der Waals surface area contributed by atoms with Crippen LogP contribution in [-0.2, 0) is 27.2 Å². The molecule has 1 aliphatic rings. The predicted molar refractivity (Wildman–Crippen MR) is 86.9 cm³/mol. The van der Waals surface area contributed by atoms with Crippen LogP contribution >= 0.6 is 0 Å². The monoisotopic (exact) mass is 326 g/mol. The first-order valence-corrected chi connectivity index (χ1v) is 7.76. The molecule has 5 nitrogen and oxygen atoms in total. The Labute approximate surface area is 140 Å². The van der Waals surface area contributed by atoms with Gasteiger partial charge < -0.3 is 14.2 Å². The SMILES string of the molecule is COC(=O)C1Cc2ccc(OCCc3ccccc3)cc2OC1=O. The Kier molecular flexibility index (Phi) is 4.79. The van der Waals surface area contributed by atoms with E-state index in [4.69, 9.17) is 9.47 Å². The van der Waals surface area contributed by atoms with E-state index in [9.17, 15) is 9.59 Å². The van der Waals surface area contributed by atoms with Gasteiger partial charge in [-0.25, -0.2) is 0 Å². The van der Waals surface area contributed by atoms with E-state index in [1.807, 2.05) is 42.5 Å². The Morgan fingerprint density at radius 3 is 2.75 bits per heavy atom. The number of hydrogen-bond donors (Lipinski definition) is 0. The van der Waals surface area contributed by atoms with Crippen molar-refractivity contribution in [3.63, 3.8) is 0 Å². The van der Waals surface area contributed by atoms with Crippen LogP contribution in [0.5, 0.6) is 11.5 Å². The average Bonchev–Trinajstić information content (AvgIpc) is 2.61. The summed E-state index contributed by atoms with van der Waals surface area (Å²) in [5, 5.41) is 0. The maximum absolute atomic E-state index is 11.9. The maximum atomic E-state index is 11.9. The largest absolute Gasteiger partial charge is 0.493 e. The second-order valence-electron chi connectivity index (χ2n) is 5.55. The van der Waals surface area contributed by atoms with Crippen LogP contribution in [0.15, 0.2) is 48.5 Å². The third-order valence-electron chi connectivity index (χ3n) is 3.95. The van der Waals surface area contributed by atoms with Gasteiger partial charge in [-0.1, -0.05) is 36.4 Å². The normalized spacial score (nSPS) is 16.0. The zero-order chi connectivity index (χ0) is 16.9. The van der Waals surface area contributed by atoms with E-state index in [-0.39, 0.29) is 6.42 Å². The van der Waals surface area contributed by atoms with Crippen molar-refractivity contribution in [3.05, 3.63) is 59.7 Å². The highest BCUT2D eigenvalue weighted by Crippen LogP contribution is 2.32. The number of methoxy groups -OCH3 is 1. The van der Waals surface area contributed by atoms with Crippen molar-refractivity contribution in [3.8, 4) is 11.5 Å². The van der Waals surface area contributed by atoms with E-state index in [1.54, 1.807) is 6.07 Å². The second-order valence-corrected chi connectivity index (χ2v) is 5.55. The number of esters is 2. The summed E-state index contributed by atoms with van der Waals surface area (Å²) in [6.07, 6.45) is 1.08. The number of carbonyl (C=O) groups is 2. The maximum Gasteiger partial charge on any atom is 0.326 e. The standard InChI is InChI=1S/C19H18O5/c1-22-18(20)16-11-14-7-8-15(12-17(14)24-19(16)21)23-10-9-13-5-3-2-4-6-13/h2-8,12,16H,9-11H2,1H3. The van der Waals surface area contributed by atoms with Crippen molar-refractivity contribution < 1.29 is 23.8 Å². The van der Waals surface area contributed by atoms with Crippen LogP contribution < -0.4 is 9.47 Å². The highest BCUT2D eigenvalue weighted by atomic mass is 16.6. The number of rotatable bonds is 5. The lowest BCUT2D eigenvalue weighted by molar-refractivity contribution is -0.156. The zero-order valence-electron chi connectivity index (χ0n) is 13.4. The molecule has 0 bridgehead atoms. The summed E-state index contributed by atoms with van der Waals surface area (Å²) in [6, 6.07) is 15.4. The molecule has 0 amide bonds. The van der Waals surface area contributed by atoms with E-state index < -0.39 is 17.9 Å². The first-order valence-electron chi connectivity index (χ1n) is 7.76. The van der Waals surface area contributed by atoms with Crippen LogP contribution in [0, 0.1) is 5.92 Å². The summed E-state index contributed by atoms with van der Waals surface area (Å²) < 4.78 is 15.6. The van der Waals surface area contributed by atoms with Gasteiger partial charge in [0, 0.05) is 18.9 Å². The fourth-order valence-electron chi connectivity index (χ4n) is 2.62. The third-order valence-corrected chi connectivity index (χ3v) is 3.95. The third kappa shape index (κ3) is 3.56. The molecule has 24 heavy (non-hydrogen) atoms. The van der Waals surface area contributed by atoms with Gasteiger partial charge in [0.15, 0.2) is 5.92 Å². The summed E-state index contributed by atoms with van der Waals surface area (Å²) in [7, 11) is 1.26. The van der Waals surface area contributed by atoms with E-state index in [2.05, 4.69) is 4.74 Å². The molecule has 0 radical (unpaired) electrons. The van der Waals surface area contributed by atoms with E-state index in [0.29, 0.717) is 18.1 Å². The molecule has 0 aliphatic carbocycles. The molecule has 2 aromatic rings. The zero-order valence-corrected chi connectivity index (χ0v) is 13.4. The molecule has 2 aromatic carbocycles. The number of carbonyl (C=O) groups excluding carboxylic acids is 2. The minimum Gasteiger partial charge on any atom is -0.493 e. The molecular formula is C19H18O5. The van der Waals surface area contributed by atoms with Crippen LogP contribution in [0.25, 0.3) is 0 Å². The molecule has 3 rings (SSSR count). The van der Waals surface area contributed by atoms with Crippen molar-refractivity contribution in [1.82, 2.24) is 0 Å². The second kappa shape index (κ2) is 7.17. The van der Waals surface area contributed by atoms with Gasteiger partial charge >= 0.3 is 11.9 Å². The Bertz CT molecular complexity index is 739. The minimum atomic E-state index is -0.896. The number of hydrogen-bond acceptors (Lipinski definition) is 5. The van der Waals surface area contributed by atoms with Crippen LogP contribution in [-0.4, -0.2) is 25.7 Å². The predicted octanol–water partition coefficient (Wildman–Crippen LogP) is 2.56. The van der Waals surface area contributed by atoms with Crippen molar-refractivity contribution in [2.75, 3.05) is 13.7 Å². The van der Waals surface area contributed by atoms with Crippen LogP contribution in [0.2, 0.25) is 0 Å². The molecular weight excluding hydrogens is 308 g/mol. The molecule has 0 N–H and O–H groups in total. The van der Waals surface area contributed by atoms with Crippen molar-refractivity contribution in [2.45, 2.75) is 12.8 Å². The lowest BCUT2D eigenvalue weighted by Gasteiger charge is -2.22. The van der Waals surface area contributed by atoms with Gasteiger partial charge in [-0.15, -0.1) is 0 Å². The summed E-state index contributed by atoms with van der Waals surface area (Å²) in [6.45, 7) is 0.529. The Hall–Kier alpha value is -2.82. The van der Waals surface area contributed by atoms with E-state index >= 15 is 0 Å². The molecule has 0 saturated heterocycles. The van der Waals surface area contributed by atoms with Gasteiger partial charge in [-0.3, -0.25) is 9.59 Å². The molecule has 0 aromatic heterocycles. The van der Waals surface area contributed by atoms with Crippen LogP contribution in [0.1, 0.15) is 11.1 Å². The molecule has 1 unspecified atom stereocenters. The first-order chi connectivity index (χ1) is 11.7. The van der Waals surface area contributed by atoms with E-state index in [1.165, 1.54) is 12.7 Å². The number of benzene rings is 2. The Morgan fingerprint density at radius 1 is 1.21 bits per heavy atom. The molecule has 0 spiro atoms. The molecule has 1 atom stereocenters. The molecule has 0 fully saturated rings. The lowest BCUT2D eigenvalue weighted by Crippen LogP contribution is -2.34. The van der Waals surface area contributed by atoms with Crippen molar-refractivity contribution in [1.29, 1.82) is 0 Å². The van der Waals surface area contributed by atoms with Crippen molar-refractivity contribution >= 4 is 11.9 Å². The topological polar surface area (TPSA) is 61.8 Å². The smallest absolute Gasteiger partial charge is 0.326 e. The van der Waals surface area contributed by atoms with Gasteiger partial charge in [0.25, 0.3) is 0 Å². The molecule has 0 saturated carbocycles. The van der Waals surface area contributed by atoms with Gasteiger partial charge in [0.1, 0.15) is 11.5 Å². The minimum absolute atomic E-state index is 0.283. The van der Waals surface area contributed by atoms with Gasteiger partial charge in [-0.05, 0) is 17.2 Å².